The van der Waals surface area contributed by atoms with Gasteiger partial charge in [-0.2, -0.15) is 0 Å². The first-order valence-corrected chi connectivity index (χ1v) is 11.8. The quantitative estimate of drug-likeness (QED) is 0.449. The van der Waals surface area contributed by atoms with Gasteiger partial charge in [-0.3, -0.25) is 14.5 Å². The number of aromatic nitrogens is 4. The number of halogens is 2. The maximum absolute atomic E-state index is 13.2. The number of carbonyl (C=O) groups excluding carboxylic acids is 1. The molecule has 2 aliphatic rings. The number of hydrogen-bond acceptors (Lipinski definition) is 7. The zero-order chi connectivity index (χ0) is 24.5. The highest BCUT2D eigenvalue weighted by molar-refractivity contribution is 5.94. The lowest BCUT2D eigenvalue weighted by Crippen LogP contribution is -2.39. The first kappa shape index (κ1) is 23.2. The normalized spacial score (nSPS) is 17.1. The average Bonchev–Trinajstić information content (AvgIpc) is 3.55. The number of anilines is 3. The van der Waals surface area contributed by atoms with E-state index in [0.717, 1.165) is 12.8 Å². The molecule has 1 saturated carbocycles. The number of imidazole rings is 1. The third-order valence-corrected chi connectivity index (χ3v) is 6.47. The van der Waals surface area contributed by atoms with Crippen molar-refractivity contribution in [3.05, 3.63) is 46.6 Å². The molecule has 4 heterocycles. The number of fused-ring (bicyclic) bond motifs is 1. The molecule has 10 nitrogen and oxygen atoms in total. The summed E-state index contributed by atoms with van der Waals surface area (Å²) in [5.41, 5.74) is 1.58. The van der Waals surface area contributed by atoms with Gasteiger partial charge in [0.1, 0.15) is 5.69 Å². The van der Waals surface area contributed by atoms with E-state index in [1.807, 2.05) is 0 Å². The van der Waals surface area contributed by atoms with E-state index in [-0.39, 0.29) is 30.1 Å². The molecular weight excluding hydrogens is 458 g/mol. The Bertz CT molecular complexity index is 1280. The van der Waals surface area contributed by atoms with Crippen LogP contribution in [-0.2, 0) is 0 Å². The molecule has 3 N–H and O–H groups in total. The molecule has 0 spiro atoms. The van der Waals surface area contributed by atoms with E-state index in [9.17, 15) is 18.4 Å². The summed E-state index contributed by atoms with van der Waals surface area (Å²) < 4.78 is 28.5. The van der Waals surface area contributed by atoms with Gasteiger partial charge in [0, 0.05) is 44.5 Å². The summed E-state index contributed by atoms with van der Waals surface area (Å²) in [6, 6.07) is 5.31. The molecule has 0 atom stereocenters. The fourth-order valence-electron chi connectivity index (χ4n) is 4.46. The Morgan fingerprint density at radius 3 is 2.66 bits per heavy atom. The van der Waals surface area contributed by atoms with E-state index in [1.165, 1.54) is 10.7 Å². The van der Waals surface area contributed by atoms with Gasteiger partial charge >= 0.3 is 0 Å². The van der Waals surface area contributed by atoms with Crippen LogP contribution in [0.25, 0.3) is 5.65 Å². The number of nitrogens with zero attached hydrogens (tertiary/aromatic N) is 5. The summed E-state index contributed by atoms with van der Waals surface area (Å²) in [7, 11) is 1.74. The van der Waals surface area contributed by atoms with Crippen molar-refractivity contribution in [2.24, 2.45) is 0 Å². The van der Waals surface area contributed by atoms with E-state index >= 15 is 0 Å². The van der Waals surface area contributed by atoms with Gasteiger partial charge < -0.3 is 20.5 Å². The molecule has 1 saturated heterocycles. The lowest BCUT2D eigenvalue weighted by atomic mass is 10.0. The number of rotatable bonds is 8. The molecule has 0 radical (unpaired) electrons. The zero-order valence-electron chi connectivity index (χ0n) is 19.4. The molecule has 2 fully saturated rings. The highest BCUT2D eigenvalue weighted by Crippen LogP contribution is 2.25. The van der Waals surface area contributed by atoms with Crippen LogP contribution in [0.15, 0.2) is 35.4 Å². The van der Waals surface area contributed by atoms with Gasteiger partial charge in [-0.05, 0) is 37.8 Å². The lowest BCUT2D eigenvalue weighted by molar-refractivity contribution is 0.0699. The Balaban J connectivity index is 1.39. The average molecular weight is 487 g/mol. The predicted octanol–water partition coefficient (Wildman–Crippen LogP) is 2.47. The molecule has 0 aromatic carbocycles. The standard InChI is InChI=1S/C23H28F2N8O2/c1-26-17-11-20(30-33-18(12-27-21(17)33)22(34)28-14-4-5-14)29-16-3-2-8-32(23(16)35)15-6-9-31(10-7-15)13-19(24)25/h2-3,8,11-12,14-15,19,26H,4-7,9-10,13H2,1H3,(H,28,34)(H,29,30). The minimum atomic E-state index is -2.36. The van der Waals surface area contributed by atoms with Crippen LogP contribution in [0.1, 0.15) is 42.2 Å². The summed E-state index contributed by atoms with van der Waals surface area (Å²) >= 11 is 0. The molecule has 0 unspecified atom stereocenters. The van der Waals surface area contributed by atoms with Crippen LogP contribution < -0.4 is 21.5 Å². The summed E-state index contributed by atoms with van der Waals surface area (Å²) in [5, 5.41) is 13.6. The van der Waals surface area contributed by atoms with Gasteiger partial charge in [0.2, 0.25) is 0 Å². The second-order valence-electron chi connectivity index (χ2n) is 9.00. The molecule has 3 aromatic heterocycles. The van der Waals surface area contributed by atoms with Gasteiger partial charge in [-0.15, -0.1) is 5.10 Å². The molecule has 12 heteroatoms. The van der Waals surface area contributed by atoms with Crippen molar-refractivity contribution >= 4 is 28.7 Å². The minimum Gasteiger partial charge on any atom is -0.385 e. The SMILES string of the molecule is CNc1cc(Nc2cccn(C3CCN(CC(F)F)CC3)c2=O)nn2c(C(=O)NC3CC3)cnc12. The van der Waals surface area contributed by atoms with Crippen LogP contribution in [0, 0.1) is 0 Å². The summed E-state index contributed by atoms with van der Waals surface area (Å²) in [6.07, 6.45) is 4.04. The van der Waals surface area contributed by atoms with Crippen molar-refractivity contribution in [1.82, 2.24) is 29.4 Å². The van der Waals surface area contributed by atoms with E-state index in [4.69, 9.17) is 0 Å². The molecule has 186 valence electrons. The predicted molar refractivity (Wildman–Crippen MR) is 128 cm³/mol. The number of piperidine rings is 1. The smallest absolute Gasteiger partial charge is 0.274 e. The fourth-order valence-corrected chi connectivity index (χ4v) is 4.46. The molecule has 0 bridgehead atoms. The van der Waals surface area contributed by atoms with Crippen LogP contribution in [0.4, 0.5) is 26.0 Å². The molecule has 1 aliphatic carbocycles. The number of nitrogens with one attached hydrogen (secondary N) is 3. The van der Waals surface area contributed by atoms with Gasteiger partial charge in [-0.1, -0.05) is 0 Å². The van der Waals surface area contributed by atoms with Crippen LogP contribution in [0.5, 0.6) is 0 Å². The lowest BCUT2D eigenvalue weighted by Gasteiger charge is -2.32. The number of likely N-dealkylation sites (tertiary alicyclic amines) is 1. The molecule has 35 heavy (non-hydrogen) atoms. The van der Waals surface area contributed by atoms with Crippen LogP contribution >= 0.6 is 0 Å². The monoisotopic (exact) mass is 486 g/mol. The van der Waals surface area contributed by atoms with Crippen LogP contribution in [0.2, 0.25) is 0 Å². The summed E-state index contributed by atoms with van der Waals surface area (Å²) in [6.45, 7) is 0.810. The Morgan fingerprint density at radius 1 is 1.20 bits per heavy atom. The Hall–Kier alpha value is -3.54. The van der Waals surface area contributed by atoms with Gasteiger partial charge in [0.25, 0.3) is 17.9 Å². The highest BCUT2D eigenvalue weighted by Gasteiger charge is 2.26. The maximum Gasteiger partial charge on any atom is 0.274 e. The molecule has 1 amide bonds. The third kappa shape index (κ3) is 4.97. The number of hydrogen-bond donors (Lipinski definition) is 3. The van der Waals surface area contributed by atoms with Crippen LogP contribution in [0.3, 0.4) is 0 Å². The zero-order valence-corrected chi connectivity index (χ0v) is 19.4. The minimum absolute atomic E-state index is 0.0622. The van der Waals surface area contributed by atoms with Crippen molar-refractivity contribution in [2.75, 3.05) is 37.3 Å². The van der Waals surface area contributed by atoms with E-state index in [1.54, 1.807) is 40.9 Å². The maximum atomic E-state index is 13.2. The van der Waals surface area contributed by atoms with Gasteiger partial charge in [-0.25, -0.2) is 18.3 Å². The summed E-state index contributed by atoms with van der Waals surface area (Å²) in [4.78, 5) is 32.0. The fraction of sp³-hybridized carbons (Fsp3) is 0.478. The second kappa shape index (κ2) is 9.61. The van der Waals surface area contributed by atoms with Crippen molar-refractivity contribution in [3.63, 3.8) is 0 Å². The third-order valence-electron chi connectivity index (χ3n) is 6.47. The van der Waals surface area contributed by atoms with E-state index in [2.05, 4.69) is 26.0 Å². The van der Waals surface area contributed by atoms with Crippen molar-refractivity contribution < 1.29 is 13.6 Å². The Labute approximate surface area is 200 Å². The van der Waals surface area contributed by atoms with E-state index < -0.39 is 6.43 Å². The van der Waals surface area contributed by atoms with Crippen LogP contribution in [-0.4, -0.2) is 69.1 Å². The Kier molecular flexibility index (Phi) is 6.37. The van der Waals surface area contributed by atoms with E-state index in [0.29, 0.717) is 54.5 Å². The van der Waals surface area contributed by atoms with Crippen molar-refractivity contribution in [2.45, 2.75) is 44.2 Å². The Morgan fingerprint density at radius 2 is 1.97 bits per heavy atom. The number of carbonyl (C=O) groups is 1. The largest absolute Gasteiger partial charge is 0.385 e. The molecule has 3 aromatic rings. The first-order chi connectivity index (χ1) is 16.9. The summed E-state index contributed by atoms with van der Waals surface area (Å²) in [5.74, 6) is 0.133. The molecular formula is C23H28F2N8O2. The van der Waals surface area contributed by atoms with Gasteiger partial charge in [0.05, 0.1) is 18.4 Å². The number of pyridine rings is 1. The van der Waals surface area contributed by atoms with Crippen molar-refractivity contribution in [3.8, 4) is 0 Å². The first-order valence-electron chi connectivity index (χ1n) is 11.8. The molecule has 5 rings (SSSR count). The number of amides is 1. The molecule has 1 aliphatic heterocycles. The van der Waals surface area contributed by atoms with Crippen molar-refractivity contribution in [1.29, 1.82) is 0 Å². The van der Waals surface area contributed by atoms with Gasteiger partial charge in [0.15, 0.2) is 17.2 Å². The topological polar surface area (TPSA) is 109 Å². The highest BCUT2D eigenvalue weighted by atomic mass is 19.3. The number of alkyl halides is 2. The second-order valence-corrected chi connectivity index (χ2v) is 9.00.